The SMILES string of the molecule is O=C(Nc1cc(-c2nnc3n2CCCCC3)ccc1F)C1CCCN(c2cnccn2)C1. The Labute approximate surface area is 185 Å². The number of rotatable bonds is 4. The number of amides is 1. The van der Waals surface area contributed by atoms with E-state index in [4.69, 9.17) is 0 Å². The first kappa shape index (κ1) is 20.5. The minimum Gasteiger partial charge on any atom is -0.355 e. The predicted octanol–water partition coefficient (Wildman–Crippen LogP) is 3.46. The normalized spacial score (nSPS) is 18.7. The molecule has 1 N–H and O–H groups in total. The lowest BCUT2D eigenvalue weighted by molar-refractivity contribution is -0.120. The zero-order valence-corrected chi connectivity index (χ0v) is 17.9. The van der Waals surface area contributed by atoms with Gasteiger partial charge in [-0.1, -0.05) is 6.42 Å². The number of aromatic nitrogens is 5. The molecule has 2 aromatic heterocycles. The van der Waals surface area contributed by atoms with Crippen molar-refractivity contribution in [1.82, 2.24) is 24.7 Å². The first-order chi connectivity index (χ1) is 15.7. The second-order valence-corrected chi connectivity index (χ2v) is 8.43. The molecule has 9 heteroatoms. The average molecular weight is 436 g/mol. The molecule has 0 spiro atoms. The van der Waals surface area contributed by atoms with E-state index >= 15 is 0 Å². The average Bonchev–Trinajstić information content (AvgIpc) is 3.09. The number of hydrogen-bond donors (Lipinski definition) is 1. The lowest BCUT2D eigenvalue weighted by Gasteiger charge is -2.32. The van der Waals surface area contributed by atoms with Crippen molar-refractivity contribution in [2.75, 3.05) is 23.3 Å². The zero-order valence-electron chi connectivity index (χ0n) is 17.9. The largest absolute Gasteiger partial charge is 0.355 e. The summed E-state index contributed by atoms with van der Waals surface area (Å²) >= 11 is 0. The molecule has 1 fully saturated rings. The van der Waals surface area contributed by atoms with Gasteiger partial charge in [-0.3, -0.25) is 9.78 Å². The summed E-state index contributed by atoms with van der Waals surface area (Å²) in [7, 11) is 0. The van der Waals surface area contributed by atoms with Gasteiger partial charge in [-0.15, -0.1) is 10.2 Å². The van der Waals surface area contributed by atoms with E-state index in [-0.39, 0.29) is 17.5 Å². The third-order valence-corrected chi connectivity index (χ3v) is 6.26. The molecule has 0 aliphatic carbocycles. The third-order valence-electron chi connectivity index (χ3n) is 6.26. The van der Waals surface area contributed by atoms with Gasteiger partial charge in [0.2, 0.25) is 5.91 Å². The van der Waals surface area contributed by atoms with Crippen LogP contribution in [0.25, 0.3) is 11.4 Å². The summed E-state index contributed by atoms with van der Waals surface area (Å²) < 4.78 is 16.7. The summed E-state index contributed by atoms with van der Waals surface area (Å²) in [5.41, 5.74) is 0.933. The van der Waals surface area contributed by atoms with Gasteiger partial charge < -0.3 is 14.8 Å². The molecule has 1 atom stereocenters. The second kappa shape index (κ2) is 9.02. The monoisotopic (exact) mass is 435 g/mol. The maximum Gasteiger partial charge on any atom is 0.229 e. The second-order valence-electron chi connectivity index (χ2n) is 8.43. The maximum absolute atomic E-state index is 14.6. The fourth-order valence-electron chi connectivity index (χ4n) is 4.55. The van der Waals surface area contributed by atoms with Crippen molar-refractivity contribution in [2.45, 2.75) is 45.1 Å². The molecular formula is C23H26FN7O. The first-order valence-corrected chi connectivity index (χ1v) is 11.2. The number of carbonyl (C=O) groups is 1. The van der Waals surface area contributed by atoms with E-state index in [1.54, 1.807) is 30.7 Å². The van der Waals surface area contributed by atoms with Crippen LogP contribution in [0.4, 0.5) is 15.9 Å². The number of carbonyl (C=O) groups excluding carboxylic acids is 1. The molecule has 1 saturated heterocycles. The molecule has 32 heavy (non-hydrogen) atoms. The van der Waals surface area contributed by atoms with E-state index in [1.807, 2.05) is 0 Å². The number of halogens is 1. The molecule has 3 aromatic rings. The molecule has 4 heterocycles. The number of benzene rings is 1. The van der Waals surface area contributed by atoms with Gasteiger partial charge in [0, 0.05) is 44.0 Å². The molecule has 5 rings (SSSR count). The van der Waals surface area contributed by atoms with E-state index in [2.05, 4.69) is 34.9 Å². The lowest BCUT2D eigenvalue weighted by Crippen LogP contribution is -2.41. The van der Waals surface area contributed by atoms with Gasteiger partial charge >= 0.3 is 0 Å². The Morgan fingerprint density at radius 1 is 1.09 bits per heavy atom. The predicted molar refractivity (Wildman–Crippen MR) is 119 cm³/mol. The Hall–Kier alpha value is -3.36. The van der Waals surface area contributed by atoms with E-state index in [9.17, 15) is 9.18 Å². The molecule has 1 amide bonds. The van der Waals surface area contributed by atoms with Crippen LogP contribution in [0.2, 0.25) is 0 Å². The van der Waals surface area contributed by atoms with Crippen LogP contribution < -0.4 is 10.2 Å². The van der Waals surface area contributed by atoms with Crippen LogP contribution in [-0.4, -0.2) is 43.7 Å². The van der Waals surface area contributed by atoms with Crippen molar-refractivity contribution in [3.63, 3.8) is 0 Å². The third kappa shape index (κ3) is 4.19. The van der Waals surface area contributed by atoms with Crippen LogP contribution in [-0.2, 0) is 17.8 Å². The van der Waals surface area contributed by atoms with Crippen molar-refractivity contribution in [1.29, 1.82) is 0 Å². The molecule has 2 aliphatic rings. The van der Waals surface area contributed by atoms with Gasteiger partial charge in [0.25, 0.3) is 0 Å². The molecule has 0 bridgehead atoms. The smallest absolute Gasteiger partial charge is 0.229 e. The minimum atomic E-state index is -0.459. The van der Waals surface area contributed by atoms with Crippen molar-refractivity contribution < 1.29 is 9.18 Å². The Kier molecular flexibility index (Phi) is 5.79. The number of anilines is 2. The standard InChI is InChI=1S/C23H26FN7O/c24-18-8-7-16(22-29-28-20-6-2-1-3-12-31(20)22)13-19(18)27-23(32)17-5-4-11-30(15-17)21-14-25-9-10-26-21/h7-10,13-14,17H,1-6,11-12,15H2,(H,27,32). The highest BCUT2D eigenvalue weighted by Gasteiger charge is 2.27. The number of fused-ring (bicyclic) bond motifs is 1. The van der Waals surface area contributed by atoms with E-state index < -0.39 is 5.82 Å². The van der Waals surface area contributed by atoms with E-state index in [0.717, 1.165) is 68.2 Å². The molecule has 166 valence electrons. The topological polar surface area (TPSA) is 88.8 Å². The summed E-state index contributed by atoms with van der Waals surface area (Å²) in [4.78, 5) is 23.5. The number of hydrogen-bond acceptors (Lipinski definition) is 6. The Morgan fingerprint density at radius 3 is 2.91 bits per heavy atom. The number of nitrogens with zero attached hydrogens (tertiary/aromatic N) is 6. The van der Waals surface area contributed by atoms with Crippen LogP contribution in [0, 0.1) is 11.7 Å². The summed E-state index contributed by atoms with van der Waals surface area (Å²) in [5, 5.41) is 11.5. The van der Waals surface area contributed by atoms with E-state index in [1.165, 1.54) is 12.5 Å². The fourth-order valence-corrected chi connectivity index (χ4v) is 4.55. The lowest BCUT2D eigenvalue weighted by atomic mass is 9.97. The van der Waals surface area contributed by atoms with Gasteiger partial charge in [-0.05, 0) is 43.9 Å². The summed E-state index contributed by atoms with van der Waals surface area (Å²) in [6, 6.07) is 4.75. The van der Waals surface area contributed by atoms with Gasteiger partial charge in [0.1, 0.15) is 17.5 Å². The van der Waals surface area contributed by atoms with Crippen LogP contribution in [0.5, 0.6) is 0 Å². The Balaban J connectivity index is 1.33. The molecule has 0 saturated carbocycles. The van der Waals surface area contributed by atoms with E-state index in [0.29, 0.717) is 6.54 Å². The quantitative estimate of drug-likeness (QED) is 0.675. The van der Waals surface area contributed by atoms with Crippen molar-refractivity contribution >= 4 is 17.4 Å². The van der Waals surface area contributed by atoms with Crippen LogP contribution >= 0.6 is 0 Å². The molecule has 0 radical (unpaired) electrons. The maximum atomic E-state index is 14.6. The summed E-state index contributed by atoms with van der Waals surface area (Å²) in [5.74, 6) is 1.56. The zero-order chi connectivity index (χ0) is 21.9. The number of aryl methyl sites for hydroxylation is 1. The molecular weight excluding hydrogens is 409 g/mol. The molecule has 1 aromatic carbocycles. The first-order valence-electron chi connectivity index (χ1n) is 11.2. The van der Waals surface area contributed by atoms with Crippen LogP contribution in [0.3, 0.4) is 0 Å². The highest BCUT2D eigenvalue weighted by atomic mass is 19.1. The Bertz CT molecular complexity index is 1100. The van der Waals surface area contributed by atoms with Crippen molar-refractivity contribution in [3.8, 4) is 11.4 Å². The van der Waals surface area contributed by atoms with Crippen molar-refractivity contribution in [2.24, 2.45) is 5.92 Å². The van der Waals surface area contributed by atoms with Crippen LogP contribution in [0.15, 0.2) is 36.8 Å². The van der Waals surface area contributed by atoms with Gasteiger partial charge in [-0.25, -0.2) is 9.37 Å². The van der Waals surface area contributed by atoms with Crippen molar-refractivity contribution in [3.05, 3.63) is 48.4 Å². The van der Waals surface area contributed by atoms with Gasteiger partial charge in [0.15, 0.2) is 5.82 Å². The highest BCUT2D eigenvalue weighted by molar-refractivity contribution is 5.93. The summed E-state index contributed by atoms with van der Waals surface area (Å²) in [6.45, 7) is 2.21. The fraction of sp³-hybridized carbons (Fsp3) is 0.435. The van der Waals surface area contributed by atoms with Crippen LogP contribution in [0.1, 0.15) is 37.9 Å². The summed E-state index contributed by atoms with van der Waals surface area (Å²) in [6.07, 6.45) is 10.8. The van der Waals surface area contributed by atoms with Gasteiger partial charge in [0.05, 0.1) is 17.8 Å². The highest BCUT2D eigenvalue weighted by Crippen LogP contribution is 2.28. The molecule has 8 nitrogen and oxygen atoms in total. The minimum absolute atomic E-state index is 0.176. The van der Waals surface area contributed by atoms with Gasteiger partial charge in [-0.2, -0.15) is 0 Å². The number of nitrogens with one attached hydrogen (secondary N) is 1. The molecule has 2 aliphatic heterocycles. The Morgan fingerprint density at radius 2 is 2.03 bits per heavy atom. The number of piperidine rings is 1. The molecule has 1 unspecified atom stereocenters.